The van der Waals surface area contributed by atoms with E-state index in [1.54, 1.807) is 0 Å². The zero-order valence-electron chi connectivity index (χ0n) is 12.0. The molecule has 0 amide bonds. The number of carbonyl (C=O) groups is 2. The van der Waals surface area contributed by atoms with Crippen LogP contribution in [0.5, 0.6) is 0 Å². The maximum atomic E-state index is 9.62. The van der Waals surface area contributed by atoms with Gasteiger partial charge in [-0.05, 0) is 0 Å². The first kappa shape index (κ1) is 22.6. The summed E-state index contributed by atoms with van der Waals surface area (Å²) >= 11 is 28.8. The van der Waals surface area contributed by atoms with Crippen molar-refractivity contribution in [3.8, 4) is 0 Å². The minimum absolute atomic E-state index is 1.19. The van der Waals surface area contributed by atoms with Crippen LogP contribution in [0.3, 0.4) is 0 Å². The zero-order chi connectivity index (χ0) is 18.7. The third-order valence-corrected chi connectivity index (χ3v) is 3.86. The van der Waals surface area contributed by atoms with Gasteiger partial charge in [-0.2, -0.15) is 0 Å². The van der Waals surface area contributed by atoms with Gasteiger partial charge in [-0.15, -0.1) is 0 Å². The zero-order valence-corrected chi connectivity index (χ0v) is 16.5. The average molecular weight is 467 g/mol. The van der Waals surface area contributed by atoms with E-state index in [0.29, 0.717) is 0 Å². The van der Waals surface area contributed by atoms with Gasteiger partial charge in [0.1, 0.15) is 0 Å². The largest absolute Gasteiger partial charge is 0.478 e. The van der Waals surface area contributed by atoms with Crippen molar-refractivity contribution in [3.05, 3.63) is 0 Å². The van der Waals surface area contributed by atoms with Crippen molar-refractivity contribution >= 4 is 81.5 Å². The molecule has 0 saturated carbocycles. The molecule has 0 aromatic carbocycles. The first-order valence-corrected chi connectivity index (χ1v) is 8.55. The highest BCUT2D eigenvalue weighted by Crippen LogP contribution is 2.25. The van der Waals surface area contributed by atoms with E-state index in [4.69, 9.17) is 79.8 Å². The molecule has 140 valence electrons. The molecule has 4 saturated heterocycles. The number of alkyl halides is 6. The number of hydrogen-bond acceptors (Lipinski definition) is 6. The summed E-state index contributed by atoms with van der Waals surface area (Å²) in [5, 5.41) is 15.7. The van der Waals surface area contributed by atoms with E-state index in [9.17, 15) is 9.59 Å². The molecule has 4 heterocycles. The minimum Gasteiger partial charge on any atom is -0.478 e. The highest BCUT2D eigenvalue weighted by Gasteiger charge is 2.36. The molecule has 4 fully saturated rings. The smallest absolute Gasteiger partial charge is 0.356 e. The summed E-state index contributed by atoms with van der Waals surface area (Å²) in [6.45, 7) is 7.12. The molecule has 14 heteroatoms. The van der Waals surface area contributed by atoms with E-state index in [-0.39, 0.29) is 0 Å². The Bertz CT molecular complexity index is 389. The molecule has 0 radical (unpaired) electrons. The maximum absolute atomic E-state index is 9.62. The molecular weight excluding hydrogens is 453 g/mol. The fourth-order valence-corrected chi connectivity index (χ4v) is 2.23. The SMILES string of the molecule is C1N2CN3CN1CN(C2)C3.O=C(O)C(Cl)(Cl)Cl.O=C(O)C(Cl)(Cl)Cl. The van der Waals surface area contributed by atoms with Crippen molar-refractivity contribution in [3.63, 3.8) is 0 Å². The number of halogens is 6. The number of aliphatic carboxylic acids is 2. The second kappa shape index (κ2) is 8.94. The summed E-state index contributed by atoms with van der Waals surface area (Å²) in [7, 11) is 0. The molecule has 0 aromatic heterocycles. The minimum atomic E-state index is -2.17. The van der Waals surface area contributed by atoms with E-state index in [2.05, 4.69) is 19.6 Å². The van der Waals surface area contributed by atoms with Gasteiger partial charge in [-0.25, -0.2) is 9.59 Å². The summed E-state index contributed by atoms with van der Waals surface area (Å²) < 4.78 is -4.33. The van der Waals surface area contributed by atoms with Crippen LogP contribution < -0.4 is 0 Å². The first-order valence-electron chi connectivity index (χ1n) is 6.28. The van der Waals surface area contributed by atoms with Crippen molar-refractivity contribution in [1.82, 2.24) is 19.6 Å². The first-order chi connectivity index (χ1) is 10.8. The lowest BCUT2D eigenvalue weighted by molar-refractivity contribution is -0.194. The van der Waals surface area contributed by atoms with Gasteiger partial charge in [0, 0.05) is 0 Å². The van der Waals surface area contributed by atoms with Crippen LogP contribution in [-0.2, 0) is 9.59 Å². The van der Waals surface area contributed by atoms with Gasteiger partial charge in [0.2, 0.25) is 0 Å². The molecule has 4 rings (SSSR count). The van der Waals surface area contributed by atoms with E-state index in [0.717, 1.165) is 0 Å². The van der Waals surface area contributed by atoms with E-state index in [1.165, 1.54) is 40.0 Å². The molecule has 4 aliphatic heterocycles. The van der Waals surface area contributed by atoms with Crippen LogP contribution in [0.4, 0.5) is 0 Å². The third kappa shape index (κ3) is 7.82. The second-order valence-electron chi connectivity index (χ2n) is 5.14. The van der Waals surface area contributed by atoms with Gasteiger partial charge in [-0.1, -0.05) is 69.6 Å². The Labute approximate surface area is 168 Å². The van der Waals surface area contributed by atoms with E-state index in [1.807, 2.05) is 0 Å². The highest BCUT2D eigenvalue weighted by atomic mass is 35.6. The Morgan fingerprint density at radius 3 is 0.792 bits per heavy atom. The summed E-state index contributed by atoms with van der Waals surface area (Å²) in [6, 6.07) is 0. The molecule has 8 nitrogen and oxygen atoms in total. The Morgan fingerprint density at radius 2 is 0.708 bits per heavy atom. The predicted molar refractivity (Wildman–Crippen MR) is 92.4 cm³/mol. The number of nitrogens with zero attached hydrogens (tertiary/aromatic N) is 4. The van der Waals surface area contributed by atoms with Crippen LogP contribution in [0, 0.1) is 0 Å². The molecule has 0 aliphatic carbocycles. The summed E-state index contributed by atoms with van der Waals surface area (Å²) in [5.74, 6) is -2.92. The Hall–Kier alpha value is 0.520. The van der Waals surface area contributed by atoms with Crippen molar-refractivity contribution in [1.29, 1.82) is 0 Å². The average Bonchev–Trinajstić information content (AvgIpc) is 2.35. The van der Waals surface area contributed by atoms with Crippen LogP contribution in [0.25, 0.3) is 0 Å². The van der Waals surface area contributed by atoms with Crippen LogP contribution in [0.15, 0.2) is 0 Å². The molecular formula is C10H14Cl6N4O4. The lowest BCUT2D eigenvalue weighted by Gasteiger charge is -2.56. The van der Waals surface area contributed by atoms with Gasteiger partial charge in [-0.3, -0.25) is 19.6 Å². The van der Waals surface area contributed by atoms with E-state index < -0.39 is 19.5 Å². The van der Waals surface area contributed by atoms with Crippen molar-refractivity contribution < 1.29 is 19.8 Å². The van der Waals surface area contributed by atoms with Crippen LogP contribution in [-0.4, -0.2) is 89.3 Å². The Morgan fingerprint density at radius 1 is 0.583 bits per heavy atom. The molecule has 4 bridgehead atoms. The number of rotatable bonds is 0. The number of carboxylic acid groups (broad SMARTS) is 2. The monoisotopic (exact) mass is 464 g/mol. The van der Waals surface area contributed by atoms with Gasteiger partial charge in [0.15, 0.2) is 0 Å². The topological polar surface area (TPSA) is 87.6 Å². The van der Waals surface area contributed by atoms with Crippen molar-refractivity contribution in [2.45, 2.75) is 7.59 Å². The molecule has 24 heavy (non-hydrogen) atoms. The number of hydrogen-bond donors (Lipinski definition) is 2. The highest BCUT2D eigenvalue weighted by molar-refractivity contribution is 6.76. The van der Waals surface area contributed by atoms with Crippen LogP contribution in [0.2, 0.25) is 0 Å². The summed E-state index contributed by atoms with van der Waals surface area (Å²) in [4.78, 5) is 29.1. The molecule has 2 N–H and O–H groups in total. The Kier molecular flexibility index (Phi) is 8.41. The standard InChI is InChI=1S/C6H12N4.2C2HCl3O2/c1-7-2-9-4-8(1)5-10(3-7)6-9;2*3-2(4,5)1(6)7/h1-6H2;2*(H,6,7). The molecule has 0 unspecified atom stereocenters. The summed E-state index contributed by atoms with van der Waals surface area (Å²) in [6.07, 6.45) is 0. The van der Waals surface area contributed by atoms with Crippen molar-refractivity contribution in [2.75, 3.05) is 40.0 Å². The molecule has 0 aromatic rings. The fourth-order valence-electron chi connectivity index (χ4n) is 2.23. The lowest BCUT2D eigenvalue weighted by Crippen LogP contribution is -2.71. The van der Waals surface area contributed by atoms with Gasteiger partial charge < -0.3 is 10.2 Å². The summed E-state index contributed by atoms with van der Waals surface area (Å²) in [5.41, 5.74) is 0. The third-order valence-electron chi connectivity index (χ3n) is 2.89. The molecule has 4 aliphatic rings. The van der Waals surface area contributed by atoms with Crippen LogP contribution >= 0.6 is 69.6 Å². The Balaban J connectivity index is 0.000000188. The maximum Gasteiger partial charge on any atom is 0.356 e. The molecule has 0 spiro atoms. The lowest BCUT2D eigenvalue weighted by atomic mass is 10.4. The predicted octanol–water partition coefficient (Wildman–Crippen LogP) is 1.86. The van der Waals surface area contributed by atoms with Gasteiger partial charge in [0.25, 0.3) is 7.59 Å². The van der Waals surface area contributed by atoms with E-state index >= 15 is 0 Å². The van der Waals surface area contributed by atoms with Crippen molar-refractivity contribution in [2.24, 2.45) is 0 Å². The van der Waals surface area contributed by atoms with Gasteiger partial charge >= 0.3 is 11.9 Å². The normalized spacial score (nSPS) is 30.6. The van der Waals surface area contributed by atoms with Gasteiger partial charge in [0.05, 0.1) is 40.0 Å². The fraction of sp³-hybridized carbons (Fsp3) is 0.800. The molecule has 0 atom stereocenters. The quantitative estimate of drug-likeness (QED) is 0.523. The number of carboxylic acids is 2. The van der Waals surface area contributed by atoms with Crippen LogP contribution in [0.1, 0.15) is 0 Å². The second-order valence-corrected chi connectivity index (χ2v) is 9.70.